The van der Waals surface area contributed by atoms with Gasteiger partial charge in [0.15, 0.2) is 0 Å². The van der Waals surface area contributed by atoms with Crippen LogP contribution in [0.1, 0.15) is 20.7 Å². The lowest BCUT2D eigenvalue weighted by Crippen LogP contribution is -2.26. The summed E-state index contributed by atoms with van der Waals surface area (Å²) in [5.41, 5.74) is 0.869. The molecule has 96 valence electrons. The molecule has 0 radical (unpaired) electrons. The van der Waals surface area contributed by atoms with E-state index in [1.807, 2.05) is 0 Å². The van der Waals surface area contributed by atoms with E-state index in [1.54, 1.807) is 31.6 Å². The highest BCUT2D eigenvalue weighted by atomic mass is 16.4. The molecule has 0 aromatic carbocycles. The Morgan fingerprint density at radius 1 is 1.11 bits per heavy atom. The maximum absolute atomic E-state index is 12.2. The van der Waals surface area contributed by atoms with E-state index in [0.717, 1.165) is 0 Å². The van der Waals surface area contributed by atoms with E-state index in [9.17, 15) is 9.59 Å². The van der Waals surface area contributed by atoms with Gasteiger partial charge in [0.2, 0.25) is 0 Å². The van der Waals surface area contributed by atoms with Crippen LogP contribution in [0.15, 0.2) is 43.0 Å². The van der Waals surface area contributed by atoms with Gasteiger partial charge in [-0.2, -0.15) is 0 Å². The van der Waals surface area contributed by atoms with E-state index in [2.05, 4.69) is 9.97 Å². The fraction of sp³-hybridized carbons (Fsp3) is 0.0769. The predicted octanol–water partition coefficient (Wildman–Crippen LogP) is 1.45. The van der Waals surface area contributed by atoms with E-state index in [4.69, 9.17) is 5.11 Å². The number of carboxylic acid groups (broad SMARTS) is 1. The highest BCUT2D eigenvalue weighted by molar-refractivity contribution is 6.06. The van der Waals surface area contributed by atoms with Crippen LogP contribution in [-0.4, -0.2) is 34.0 Å². The Morgan fingerprint density at radius 3 is 2.37 bits per heavy atom. The first-order valence-electron chi connectivity index (χ1n) is 5.46. The molecule has 6 heteroatoms. The van der Waals surface area contributed by atoms with Crippen LogP contribution >= 0.6 is 0 Å². The minimum absolute atomic E-state index is 0.0195. The Labute approximate surface area is 109 Å². The molecule has 6 nitrogen and oxygen atoms in total. The molecule has 0 atom stereocenters. The van der Waals surface area contributed by atoms with Gasteiger partial charge in [0.05, 0.1) is 11.1 Å². The molecule has 0 unspecified atom stereocenters. The number of nitrogens with zero attached hydrogens (tertiary/aromatic N) is 3. The van der Waals surface area contributed by atoms with Gasteiger partial charge < -0.3 is 10.0 Å². The summed E-state index contributed by atoms with van der Waals surface area (Å²) in [6, 6.07) is 4.67. The zero-order valence-corrected chi connectivity index (χ0v) is 10.1. The van der Waals surface area contributed by atoms with Crippen molar-refractivity contribution in [2.45, 2.75) is 0 Å². The number of aromatic carboxylic acids is 1. The molecule has 0 aliphatic rings. The Balaban J connectivity index is 2.29. The molecule has 0 fully saturated rings. The highest BCUT2D eigenvalue weighted by Crippen LogP contribution is 2.14. The molecule has 0 aliphatic heterocycles. The van der Waals surface area contributed by atoms with Gasteiger partial charge in [0, 0.05) is 37.5 Å². The van der Waals surface area contributed by atoms with E-state index in [-0.39, 0.29) is 17.0 Å². The van der Waals surface area contributed by atoms with Gasteiger partial charge >= 0.3 is 5.97 Å². The summed E-state index contributed by atoms with van der Waals surface area (Å²) in [6.07, 6.45) is 5.69. The quantitative estimate of drug-likeness (QED) is 0.899. The van der Waals surface area contributed by atoms with Gasteiger partial charge in [-0.1, -0.05) is 0 Å². The van der Waals surface area contributed by atoms with E-state index < -0.39 is 5.97 Å². The van der Waals surface area contributed by atoms with Gasteiger partial charge in [-0.15, -0.1) is 0 Å². The average Bonchev–Trinajstić information content (AvgIpc) is 2.46. The molecular weight excluding hydrogens is 246 g/mol. The third-order valence-corrected chi connectivity index (χ3v) is 2.59. The van der Waals surface area contributed by atoms with E-state index in [0.29, 0.717) is 5.69 Å². The molecule has 0 bridgehead atoms. The molecule has 0 spiro atoms. The van der Waals surface area contributed by atoms with Gasteiger partial charge in [-0.05, 0) is 18.2 Å². The van der Waals surface area contributed by atoms with Crippen LogP contribution in [0.25, 0.3) is 0 Å². The minimum Gasteiger partial charge on any atom is -0.478 e. The Kier molecular flexibility index (Phi) is 3.51. The molecule has 1 N–H and O–H groups in total. The first-order valence-corrected chi connectivity index (χ1v) is 5.46. The summed E-state index contributed by atoms with van der Waals surface area (Å²) < 4.78 is 0. The fourth-order valence-electron chi connectivity index (χ4n) is 1.55. The van der Waals surface area contributed by atoms with Crippen molar-refractivity contribution < 1.29 is 14.7 Å². The number of carbonyl (C=O) groups excluding carboxylic acids is 1. The molecular formula is C13H11N3O3. The third-order valence-electron chi connectivity index (χ3n) is 2.59. The summed E-state index contributed by atoms with van der Waals surface area (Å²) >= 11 is 0. The van der Waals surface area contributed by atoms with Crippen LogP contribution < -0.4 is 4.90 Å². The minimum atomic E-state index is -1.12. The number of amides is 1. The molecule has 2 aromatic rings. The number of aromatic nitrogens is 2. The van der Waals surface area contributed by atoms with Crippen molar-refractivity contribution in [2.24, 2.45) is 0 Å². The van der Waals surface area contributed by atoms with E-state index >= 15 is 0 Å². The molecule has 1 amide bonds. The lowest BCUT2D eigenvalue weighted by molar-refractivity contribution is 0.0696. The Bertz CT molecular complexity index is 614. The molecule has 0 saturated heterocycles. The third kappa shape index (κ3) is 2.74. The maximum atomic E-state index is 12.2. The molecule has 0 aliphatic carbocycles. The molecule has 2 rings (SSSR count). The number of hydrogen-bond acceptors (Lipinski definition) is 4. The van der Waals surface area contributed by atoms with Crippen LogP contribution in [0.4, 0.5) is 5.69 Å². The molecule has 19 heavy (non-hydrogen) atoms. The largest absolute Gasteiger partial charge is 0.478 e. The average molecular weight is 257 g/mol. The normalized spacial score (nSPS) is 9.95. The smallest absolute Gasteiger partial charge is 0.337 e. The van der Waals surface area contributed by atoms with E-state index in [1.165, 1.54) is 23.4 Å². The zero-order valence-electron chi connectivity index (χ0n) is 10.1. The molecule has 0 saturated carbocycles. The zero-order chi connectivity index (χ0) is 13.8. The van der Waals surface area contributed by atoms with Crippen molar-refractivity contribution in [3.63, 3.8) is 0 Å². The number of carboxylic acids is 1. The summed E-state index contributed by atoms with van der Waals surface area (Å²) in [4.78, 5) is 32.1. The SMILES string of the molecule is CN(C(=O)c1cncc(C(=O)O)c1)c1ccncc1. The predicted molar refractivity (Wildman–Crippen MR) is 68.2 cm³/mol. The van der Waals surface area contributed by atoms with Gasteiger partial charge in [0.1, 0.15) is 0 Å². The number of rotatable bonds is 3. The Morgan fingerprint density at radius 2 is 1.74 bits per heavy atom. The lowest BCUT2D eigenvalue weighted by Gasteiger charge is -2.16. The van der Waals surface area contributed by atoms with Crippen molar-refractivity contribution in [1.82, 2.24) is 9.97 Å². The van der Waals surface area contributed by atoms with Crippen LogP contribution in [0.2, 0.25) is 0 Å². The van der Waals surface area contributed by atoms with Crippen molar-refractivity contribution in [3.8, 4) is 0 Å². The summed E-state index contributed by atoms with van der Waals surface area (Å²) in [7, 11) is 1.60. The lowest BCUT2D eigenvalue weighted by atomic mass is 10.2. The van der Waals surface area contributed by atoms with Crippen LogP contribution in [-0.2, 0) is 0 Å². The van der Waals surface area contributed by atoms with Crippen molar-refractivity contribution >= 4 is 17.6 Å². The van der Waals surface area contributed by atoms with Crippen molar-refractivity contribution in [2.75, 3.05) is 11.9 Å². The maximum Gasteiger partial charge on any atom is 0.337 e. The van der Waals surface area contributed by atoms with Gasteiger partial charge in [-0.3, -0.25) is 14.8 Å². The second kappa shape index (κ2) is 5.26. The molecule has 2 aromatic heterocycles. The monoisotopic (exact) mass is 257 g/mol. The highest BCUT2D eigenvalue weighted by Gasteiger charge is 2.15. The number of anilines is 1. The first kappa shape index (κ1) is 12.7. The number of pyridine rings is 2. The standard InChI is InChI=1S/C13H11N3O3/c1-16(11-2-4-14-5-3-11)12(17)9-6-10(13(18)19)8-15-7-9/h2-8H,1H3,(H,18,19). The fourth-order valence-corrected chi connectivity index (χ4v) is 1.55. The van der Waals surface area contributed by atoms with Crippen LogP contribution in [0.5, 0.6) is 0 Å². The van der Waals surface area contributed by atoms with Crippen molar-refractivity contribution in [3.05, 3.63) is 54.1 Å². The second-order valence-corrected chi connectivity index (χ2v) is 3.84. The van der Waals surface area contributed by atoms with Crippen molar-refractivity contribution in [1.29, 1.82) is 0 Å². The summed E-state index contributed by atoms with van der Waals surface area (Å²) in [6.45, 7) is 0. The molecule has 2 heterocycles. The second-order valence-electron chi connectivity index (χ2n) is 3.84. The summed E-state index contributed by atoms with van der Waals surface area (Å²) in [5.74, 6) is -1.45. The van der Waals surface area contributed by atoms with Crippen LogP contribution in [0, 0.1) is 0 Å². The number of hydrogen-bond donors (Lipinski definition) is 1. The van der Waals surface area contributed by atoms with Crippen LogP contribution in [0.3, 0.4) is 0 Å². The first-order chi connectivity index (χ1) is 9.09. The van der Waals surface area contributed by atoms with Gasteiger partial charge in [0.25, 0.3) is 5.91 Å². The topological polar surface area (TPSA) is 83.4 Å². The number of carbonyl (C=O) groups is 2. The summed E-state index contributed by atoms with van der Waals surface area (Å²) in [5, 5.41) is 8.87. The Hall–Kier alpha value is -2.76. The van der Waals surface area contributed by atoms with Gasteiger partial charge in [-0.25, -0.2) is 4.79 Å².